The number of hydrazone groups is 1. The van der Waals surface area contributed by atoms with Gasteiger partial charge in [-0.1, -0.05) is 44.2 Å². The average molecular weight is 433 g/mol. The Morgan fingerprint density at radius 1 is 1.14 bits per heavy atom. The fourth-order valence-corrected chi connectivity index (χ4v) is 4.83. The molecule has 0 spiro atoms. The van der Waals surface area contributed by atoms with Gasteiger partial charge in [0.2, 0.25) is 15.2 Å². The fraction of sp³-hybridized carbons (Fsp3) is 0.200. The molecule has 0 saturated carbocycles. The van der Waals surface area contributed by atoms with E-state index in [1.165, 1.54) is 27.9 Å². The van der Waals surface area contributed by atoms with Gasteiger partial charge in [-0.2, -0.15) is 9.41 Å². The summed E-state index contributed by atoms with van der Waals surface area (Å²) in [5.74, 6) is -0.349. The van der Waals surface area contributed by atoms with Gasteiger partial charge in [0.1, 0.15) is 5.82 Å². The molecule has 0 fully saturated rings. The van der Waals surface area contributed by atoms with Crippen LogP contribution < -0.4 is 5.43 Å². The lowest BCUT2D eigenvalue weighted by Crippen LogP contribution is -2.30. The smallest absolute Gasteiger partial charge is 0.243 e. The van der Waals surface area contributed by atoms with Crippen LogP contribution in [0, 0.1) is 5.82 Å². The highest BCUT2D eigenvalue weighted by molar-refractivity contribution is 7.89. The summed E-state index contributed by atoms with van der Waals surface area (Å²) in [5, 5.41) is 6.40. The lowest BCUT2D eigenvalue weighted by atomic mass is 10.2. The first-order chi connectivity index (χ1) is 14.0. The van der Waals surface area contributed by atoms with Crippen molar-refractivity contribution in [3.8, 4) is 11.3 Å². The maximum Gasteiger partial charge on any atom is 0.243 e. The van der Waals surface area contributed by atoms with Gasteiger partial charge in [0.15, 0.2) is 0 Å². The van der Waals surface area contributed by atoms with Crippen LogP contribution in [0.3, 0.4) is 0 Å². The number of aromatic nitrogens is 1. The van der Waals surface area contributed by atoms with Gasteiger partial charge in [0.25, 0.3) is 0 Å². The summed E-state index contributed by atoms with van der Waals surface area (Å²) in [5.41, 5.74) is 4.66. The van der Waals surface area contributed by atoms with Gasteiger partial charge in [-0.05, 0) is 18.2 Å². The quantitative estimate of drug-likeness (QED) is 0.422. The number of nitrogens with one attached hydrogen (secondary N) is 1. The SMILES string of the molecule is CCN(CC)S(=O)(=O)c1ccc(-c2csc(NN=Cc3ccccc3F)n2)cc1. The molecule has 0 aliphatic carbocycles. The monoisotopic (exact) mass is 432 g/mol. The number of anilines is 1. The molecule has 0 aliphatic heterocycles. The van der Waals surface area contributed by atoms with E-state index in [0.29, 0.717) is 29.5 Å². The number of nitrogens with zero attached hydrogens (tertiary/aromatic N) is 3. The molecule has 2 aromatic carbocycles. The highest BCUT2D eigenvalue weighted by atomic mass is 32.2. The van der Waals surface area contributed by atoms with E-state index in [9.17, 15) is 12.8 Å². The molecule has 0 saturated heterocycles. The van der Waals surface area contributed by atoms with E-state index in [1.54, 1.807) is 42.5 Å². The van der Waals surface area contributed by atoms with Crippen molar-refractivity contribution < 1.29 is 12.8 Å². The Hall–Kier alpha value is -2.62. The van der Waals surface area contributed by atoms with Crippen molar-refractivity contribution in [3.05, 3.63) is 65.3 Å². The Bertz CT molecular complexity index is 1090. The molecule has 152 valence electrons. The van der Waals surface area contributed by atoms with E-state index in [2.05, 4.69) is 15.5 Å². The second-order valence-electron chi connectivity index (χ2n) is 6.04. The van der Waals surface area contributed by atoms with E-state index < -0.39 is 10.0 Å². The highest BCUT2D eigenvalue weighted by Gasteiger charge is 2.21. The molecule has 29 heavy (non-hydrogen) atoms. The highest BCUT2D eigenvalue weighted by Crippen LogP contribution is 2.26. The second kappa shape index (κ2) is 9.25. The summed E-state index contributed by atoms with van der Waals surface area (Å²) >= 11 is 1.35. The molecule has 3 rings (SSSR count). The molecule has 0 amide bonds. The predicted octanol–water partition coefficient (Wildman–Crippen LogP) is 4.43. The minimum absolute atomic E-state index is 0.257. The summed E-state index contributed by atoms with van der Waals surface area (Å²) in [6.45, 7) is 4.48. The van der Waals surface area contributed by atoms with Gasteiger partial charge in [0, 0.05) is 29.6 Å². The van der Waals surface area contributed by atoms with Gasteiger partial charge < -0.3 is 0 Å². The first-order valence-corrected chi connectivity index (χ1v) is 11.4. The molecular weight excluding hydrogens is 411 g/mol. The third-order valence-electron chi connectivity index (χ3n) is 4.27. The van der Waals surface area contributed by atoms with Crippen LogP contribution in [-0.2, 0) is 10.0 Å². The van der Waals surface area contributed by atoms with Gasteiger partial charge in [-0.3, -0.25) is 5.43 Å². The van der Waals surface area contributed by atoms with Crippen molar-refractivity contribution in [2.75, 3.05) is 18.5 Å². The van der Waals surface area contributed by atoms with Crippen molar-refractivity contribution in [1.29, 1.82) is 0 Å². The van der Waals surface area contributed by atoms with Crippen LogP contribution in [0.1, 0.15) is 19.4 Å². The Morgan fingerprint density at radius 3 is 2.48 bits per heavy atom. The molecule has 1 heterocycles. The first-order valence-electron chi connectivity index (χ1n) is 9.05. The standard InChI is InChI=1S/C20H21FN4O2S2/c1-3-25(4-2)29(26,27)17-11-9-15(10-12-17)19-14-28-20(23-19)24-22-13-16-7-5-6-8-18(16)21/h5-14H,3-4H2,1-2H3,(H,23,24). The third-order valence-corrected chi connectivity index (χ3v) is 7.08. The molecule has 0 aliphatic rings. The Labute approximate surface area is 173 Å². The largest absolute Gasteiger partial charge is 0.253 e. The summed E-state index contributed by atoms with van der Waals surface area (Å²) in [6.07, 6.45) is 1.39. The lowest BCUT2D eigenvalue weighted by Gasteiger charge is -2.18. The zero-order chi connectivity index (χ0) is 20.9. The normalized spacial score (nSPS) is 12.0. The summed E-state index contributed by atoms with van der Waals surface area (Å²) in [7, 11) is -3.48. The average Bonchev–Trinajstić information content (AvgIpc) is 3.19. The van der Waals surface area contributed by atoms with Crippen LogP contribution in [0.15, 0.2) is 63.9 Å². The minimum atomic E-state index is -3.48. The zero-order valence-corrected chi connectivity index (χ0v) is 17.7. The second-order valence-corrected chi connectivity index (χ2v) is 8.84. The van der Waals surface area contributed by atoms with Gasteiger partial charge in [0.05, 0.1) is 16.8 Å². The van der Waals surface area contributed by atoms with Crippen LogP contribution in [0.25, 0.3) is 11.3 Å². The van der Waals surface area contributed by atoms with Crippen molar-refractivity contribution in [1.82, 2.24) is 9.29 Å². The Morgan fingerprint density at radius 2 is 1.83 bits per heavy atom. The van der Waals surface area contributed by atoms with Crippen LogP contribution in [0.5, 0.6) is 0 Å². The summed E-state index contributed by atoms with van der Waals surface area (Å²) < 4.78 is 40.1. The van der Waals surface area contributed by atoms with E-state index >= 15 is 0 Å². The summed E-state index contributed by atoms with van der Waals surface area (Å²) in [4.78, 5) is 4.69. The zero-order valence-electron chi connectivity index (χ0n) is 16.0. The minimum Gasteiger partial charge on any atom is -0.253 e. The van der Waals surface area contributed by atoms with Crippen LogP contribution >= 0.6 is 11.3 Å². The van der Waals surface area contributed by atoms with Crippen molar-refractivity contribution in [2.45, 2.75) is 18.7 Å². The Kier molecular flexibility index (Phi) is 6.73. The molecule has 0 bridgehead atoms. The number of hydrogen-bond donors (Lipinski definition) is 1. The molecule has 1 N–H and O–H groups in total. The number of benzene rings is 2. The van der Waals surface area contributed by atoms with Crippen LogP contribution in [0.4, 0.5) is 9.52 Å². The predicted molar refractivity (Wildman–Crippen MR) is 115 cm³/mol. The maximum absolute atomic E-state index is 13.6. The molecule has 1 aromatic heterocycles. The van der Waals surface area contributed by atoms with Gasteiger partial charge >= 0.3 is 0 Å². The molecule has 6 nitrogen and oxygen atoms in total. The van der Waals surface area contributed by atoms with Crippen molar-refractivity contribution >= 4 is 32.7 Å². The molecule has 0 unspecified atom stereocenters. The summed E-state index contributed by atoms with van der Waals surface area (Å²) in [6, 6.07) is 13.0. The molecule has 3 aromatic rings. The molecular formula is C20H21FN4O2S2. The molecule has 0 radical (unpaired) electrons. The van der Waals surface area contributed by atoms with E-state index in [-0.39, 0.29) is 10.7 Å². The fourth-order valence-electron chi connectivity index (χ4n) is 2.70. The molecule has 9 heteroatoms. The lowest BCUT2D eigenvalue weighted by molar-refractivity contribution is 0.445. The number of halogens is 1. The third kappa shape index (κ3) is 4.87. The van der Waals surface area contributed by atoms with Crippen molar-refractivity contribution in [2.24, 2.45) is 5.10 Å². The van der Waals surface area contributed by atoms with Crippen LogP contribution in [0.2, 0.25) is 0 Å². The number of sulfonamides is 1. The van der Waals surface area contributed by atoms with Crippen LogP contribution in [-0.4, -0.2) is 37.0 Å². The van der Waals surface area contributed by atoms with E-state index in [4.69, 9.17) is 0 Å². The van der Waals surface area contributed by atoms with E-state index in [1.807, 2.05) is 19.2 Å². The number of thiazole rings is 1. The number of hydrogen-bond acceptors (Lipinski definition) is 6. The maximum atomic E-state index is 13.6. The van der Waals surface area contributed by atoms with Gasteiger partial charge in [-0.25, -0.2) is 17.8 Å². The van der Waals surface area contributed by atoms with Crippen molar-refractivity contribution in [3.63, 3.8) is 0 Å². The first kappa shape index (κ1) is 21.1. The number of rotatable bonds is 8. The van der Waals surface area contributed by atoms with E-state index in [0.717, 1.165) is 5.56 Å². The van der Waals surface area contributed by atoms with Gasteiger partial charge in [-0.15, -0.1) is 11.3 Å². The molecule has 0 atom stereocenters. The topological polar surface area (TPSA) is 74.7 Å². The Balaban J connectivity index is 1.71.